The van der Waals surface area contributed by atoms with Crippen molar-refractivity contribution < 1.29 is 33.8 Å². The lowest BCUT2D eigenvalue weighted by Gasteiger charge is -2.56. The highest BCUT2D eigenvalue weighted by Gasteiger charge is 2.58. The summed E-state index contributed by atoms with van der Waals surface area (Å²) in [6.45, 7) is 10.3. The van der Waals surface area contributed by atoms with Gasteiger partial charge in [0.25, 0.3) is 0 Å². The number of carbonyl (C=O) groups excluding carboxylic acids is 4. The molecule has 4 atom stereocenters. The summed E-state index contributed by atoms with van der Waals surface area (Å²) in [5.41, 5.74) is -0.261. The lowest BCUT2D eigenvalue weighted by atomic mass is 9.48. The third kappa shape index (κ3) is 3.83. The molecule has 0 aliphatic heterocycles. The Morgan fingerprint density at radius 3 is 2.32 bits per heavy atom. The number of Topliss-reactive ketones (excluding diaryl/α,β-unsaturated/α-hetero) is 2. The monoisotopic (exact) mass is 432 g/mol. The molecule has 0 amide bonds. The Bertz CT molecular complexity index is 907. The molecule has 3 aliphatic carbocycles. The third-order valence-corrected chi connectivity index (χ3v) is 7.37. The minimum atomic E-state index is -0.809. The molecule has 0 aromatic heterocycles. The number of carbonyl (C=O) groups is 4. The van der Waals surface area contributed by atoms with E-state index in [0.717, 1.165) is 19.3 Å². The molecular weight excluding hydrogens is 400 g/mol. The number of aliphatic hydroxyl groups excluding tert-OH is 1. The van der Waals surface area contributed by atoms with Crippen LogP contribution in [0.2, 0.25) is 0 Å². The number of ether oxygens (including phenoxy) is 2. The molecule has 0 bridgehead atoms. The second-order valence-electron chi connectivity index (χ2n) is 10.1. The van der Waals surface area contributed by atoms with E-state index < -0.39 is 40.9 Å². The number of esters is 2. The van der Waals surface area contributed by atoms with Crippen LogP contribution in [0.5, 0.6) is 0 Å². The molecule has 1 saturated carbocycles. The van der Waals surface area contributed by atoms with Crippen molar-refractivity contribution in [2.24, 2.45) is 22.7 Å². The Morgan fingerprint density at radius 2 is 1.74 bits per heavy atom. The highest BCUT2D eigenvalue weighted by molar-refractivity contribution is 6.50. The first-order valence-corrected chi connectivity index (χ1v) is 10.9. The summed E-state index contributed by atoms with van der Waals surface area (Å²) in [7, 11) is 0. The van der Waals surface area contributed by atoms with Crippen LogP contribution in [0.3, 0.4) is 0 Å². The van der Waals surface area contributed by atoms with Gasteiger partial charge in [0.15, 0.2) is 0 Å². The van der Waals surface area contributed by atoms with Crippen molar-refractivity contribution in [3.63, 3.8) is 0 Å². The van der Waals surface area contributed by atoms with Crippen LogP contribution in [0, 0.1) is 22.7 Å². The summed E-state index contributed by atoms with van der Waals surface area (Å²) in [6, 6.07) is 0. The molecule has 3 rings (SSSR count). The Hall–Kier alpha value is -2.44. The molecule has 1 fully saturated rings. The Labute approximate surface area is 182 Å². The molecule has 0 radical (unpaired) electrons. The molecule has 1 N–H and O–H groups in total. The Morgan fingerprint density at radius 1 is 1.10 bits per heavy atom. The van der Waals surface area contributed by atoms with Gasteiger partial charge >= 0.3 is 11.9 Å². The summed E-state index contributed by atoms with van der Waals surface area (Å²) >= 11 is 0. The molecule has 3 aliphatic rings. The number of aliphatic hydroxyl groups is 1. The van der Waals surface area contributed by atoms with Gasteiger partial charge in [-0.05, 0) is 30.6 Å². The van der Waals surface area contributed by atoms with E-state index in [1.807, 2.05) is 6.92 Å². The predicted octanol–water partition coefficient (Wildman–Crippen LogP) is 3.61. The minimum Gasteiger partial charge on any atom is -0.507 e. The number of fused-ring (bicyclic) bond motifs is 2. The largest absolute Gasteiger partial charge is 0.507 e. The number of allylic oxidation sites excluding steroid dienone is 1. The molecule has 7 nitrogen and oxygen atoms in total. The van der Waals surface area contributed by atoms with Crippen LogP contribution >= 0.6 is 0 Å². The van der Waals surface area contributed by atoms with Crippen molar-refractivity contribution in [3.8, 4) is 0 Å². The summed E-state index contributed by atoms with van der Waals surface area (Å²) in [5, 5.41) is 11.2. The Kier molecular flexibility index (Phi) is 5.93. The molecular formula is C24H32O7. The summed E-state index contributed by atoms with van der Waals surface area (Å²) < 4.78 is 10.6. The van der Waals surface area contributed by atoms with Crippen molar-refractivity contribution in [2.75, 3.05) is 6.61 Å². The average molecular weight is 433 g/mol. The van der Waals surface area contributed by atoms with Crippen molar-refractivity contribution in [3.05, 3.63) is 22.5 Å². The molecule has 0 heterocycles. The van der Waals surface area contributed by atoms with E-state index in [-0.39, 0.29) is 40.4 Å². The summed E-state index contributed by atoms with van der Waals surface area (Å²) in [5.74, 6) is -3.43. The smallest absolute Gasteiger partial charge is 0.303 e. The minimum absolute atomic E-state index is 0.0152. The SMILES string of the molecule is CC(=O)OCC(C)C1=C(O)C2=C(C(=O)C1=O)[C@@]1(C)CCCC(C)(C)[C@@H]1CC2OC(C)=O. The molecule has 31 heavy (non-hydrogen) atoms. The van der Waals surface area contributed by atoms with Crippen molar-refractivity contribution in [1.82, 2.24) is 0 Å². The van der Waals surface area contributed by atoms with Gasteiger partial charge in [0.2, 0.25) is 11.6 Å². The van der Waals surface area contributed by atoms with Crippen LogP contribution in [0.15, 0.2) is 22.5 Å². The van der Waals surface area contributed by atoms with Crippen LogP contribution in [0.1, 0.15) is 67.2 Å². The van der Waals surface area contributed by atoms with Crippen LogP contribution in [-0.4, -0.2) is 41.3 Å². The zero-order valence-electron chi connectivity index (χ0n) is 19.2. The van der Waals surface area contributed by atoms with Crippen molar-refractivity contribution >= 4 is 23.5 Å². The number of hydrogen-bond acceptors (Lipinski definition) is 7. The van der Waals surface area contributed by atoms with Gasteiger partial charge in [0, 0.05) is 36.3 Å². The van der Waals surface area contributed by atoms with Crippen LogP contribution in [-0.2, 0) is 28.7 Å². The van der Waals surface area contributed by atoms with Gasteiger partial charge in [-0.25, -0.2) is 0 Å². The molecule has 170 valence electrons. The molecule has 0 aromatic rings. The van der Waals surface area contributed by atoms with E-state index in [9.17, 15) is 24.3 Å². The maximum atomic E-state index is 13.5. The molecule has 2 unspecified atom stereocenters. The van der Waals surface area contributed by atoms with Gasteiger partial charge in [0.05, 0.1) is 12.2 Å². The van der Waals surface area contributed by atoms with E-state index >= 15 is 0 Å². The molecule has 0 spiro atoms. The van der Waals surface area contributed by atoms with Gasteiger partial charge < -0.3 is 14.6 Å². The number of hydrogen-bond donors (Lipinski definition) is 1. The van der Waals surface area contributed by atoms with Crippen LogP contribution < -0.4 is 0 Å². The van der Waals surface area contributed by atoms with E-state index in [1.54, 1.807) is 6.92 Å². The zero-order chi connectivity index (χ0) is 23.3. The Balaban J connectivity index is 2.21. The second-order valence-corrected chi connectivity index (χ2v) is 10.1. The highest BCUT2D eigenvalue weighted by atomic mass is 16.5. The normalized spacial score (nSPS) is 31.0. The fraction of sp³-hybridized carbons (Fsp3) is 0.667. The summed E-state index contributed by atoms with van der Waals surface area (Å²) in [6.07, 6.45) is 2.25. The standard InChI is InChI=1S/C24H32O7/c1-12(11-30-13(2)25)17-20(27)18-15(31-14(3)26)10-16-23(4,5)8-7-9-24(16,6)19(18)22(29)21(17)28/h12,15-16,27H,7-11H2,1-6H3/t12?,15?,16-,24-/m0/s1. The molecule has 0 aromatic carbocycles. The average Bonchev–Trinajstić information content (AvgIpc) is 2.64. The molecule has 7 heteroatoms. The maximum Gasteiger partial charge on any atom is 0.303 e. The zero-order valence-corrected chi connectivity index (χ0v) is 19.2. The van der Waals surface area contributed by atoms with Gasteiger partial charge in [-0.3, -0.25) is 19.2 Å². The van der Waals surface area contributed by atoms with E-state index in [0.29, 0.717) is 6.42 Å². The highest BCUT2D eigenvalue weighted by Crippen LogP contribution is 2.61. The fourth-order valence-corrected chi connectivity index (χ4v) is 6.03. The maximum absolute atomic E-state index is 13.5. The first-order chi connectivity index (χ1) is 14.3. The van der Waals surface area contributed by atoms with Gasteiger partial charge in [0.1, 0.15) is 11.9 Å². The van der Waals surface area contributed by atoms with Crippen molar-refractivity contribution in [1.29, 1.82) is 0 Å². The van der Waals surface area contributed by atoms with E-state index in [1.165, 1.54) is 13.8 Å². The number of ketones is 2. The van der Waals surface area contributed by atoms with Crippen LogP contribution in [0.4, 0.5) is 0 Å². The van der Waals surface area contributed by atoms with Gasteiger partial charge in [-0.15, -0.1) is 0 Å². The predicted molar refractivity (Wildman–Crippen MR) is 112 cm³/mol. The van der Waals surface area contributed by atoms with Crippen LogP contribution in [0.25, 0.3) is 0 Å². The lowest BCUT2D eigenvalue weighted by Crippen LogP contribution is -2.53. The van der Waals surface area contributed by atoms with Crippen molar-refractivity contribution in [2.45, 2.75) is 73.3 Å². The van der Waals surface area contributed by atoms with E-state index in [4.69, 9.17) is 9.47 Å². The topological polar surface area (TPSA) is 107 Å². The van der Waals surface area contributed by atoms with Gasteiger partial charge in [-0.2, -0.15) is 0 Å². The third-order valence-electron chi connectivity index (χ3n) is 7.37. The number of rotatable bonds is 4. The lowest BCUT2D eigenvalue weighted by molar-refractivity contribution is -0.149. The molecule has 0 saturated heterocycles. The fourth-order valence-electron chi connectivity index (χ4n) is 6.03. The first-order valence-electron chi connectivity index (χ1n) is 10.9. The summed E-state index contributed by atoms with van der Waals surface area (Å²) in [4.78, 5) is 49.7. The first kappa shape index (κ1) is 23.2. The van der Waals surface area contributed by atoms with Gasteiger partial charge in [-0.1, -0.05) is 34.1 Å². The quantitative estimate of drug-likeness (QED) is 0.411. The van der Waals surface area contributed by atoms with E-state index in [2.05, 4.69) is 13.8 Å². The second kappa shape index (κ2) is 7.92.